The molecule has 1 heterocycles. The Morgan fingerprint density at radius 2 is 1.85 bits per heavy atom. The summed E-state index contributed by atoms with van der Waals surface area (Å²) in [4.78, 5) is 39.0. The number of nitrogens with one attached hydrogen (secondary N) is 2. The molecule has 10 nitrogen and oxygen atoms in total. The minimum atomic E-state index is -3.79. The van der Waals surface area contributed by atoms with Gasteiger partial charge in [0.2, 0.25) is 10.0 Å². The van der Waals surface area contributed by atoms with E-state index in [1.807, 2.05) is 13.0 Å². The van der Waals surface area contributed by atoms with Crippen molar-refractivity contribution in [2.75, 3.05) is 24.7 Å². The van der Waals surface area contributed by atoms with Crippen LogP contribution < -0.4 is 10.6 Å². The van der Waals surface area contributed by atoms with Crippen molar-refractivity contribution in [3.8, 4) is 0 Å². The maximum absolute atomic E-state index is 13.3. The number of sulfonamides is 1. The zero-order valence-electron chi connectivity index (χ0n) is 19.0. The molecule has 33 heavy (non-hydrogen) atoms. The fraction of sp³-hybridized carbons (Fsp3) is 0.591. The standard InChI is InChI=1S/C22H32N4O6S/c1-15-7-6-10-17(13-15)23-22(30)25-11-12-26(33(2,31)32)21(25)20(29)24-18(14-19(27)28)16-8-4-3-5-9-16/h6-7,10,13,16,18,21H,3-5,8-9,11-12,14H2,1-2H3,(H,23,30)(H,24,29)(H,27,28). The van der Waals surface area contributed by atoms with E-state index in [-0.39, 0.29) is 25.4 Å². The summed E-state index contributed by atoms with van der Waals surface area (Å²) < 4.78 is 25.7. The first-order valence-electron chi connectivity index (χ1n) is 11.2. The Bertz CT molecular complexity index is 992. The van der Waals surface area contributed by atoms with Gasteiger partial charge in [-0.05, 0) is 43.4 Å². The van der Waals surface area contributed by atoms with Crippen molar-refractivity contribution in [3.05, 3.63) is 29.8 Å². The number of aryl methyl sites for hydroxylation is 1. The Kier molecular flexibility index (Phi) is 7.96. The summed E-state index contributed by atoms with van der Waals surface area (Å²) in [6.07, 6.45) is 3.95. The Balaban J connectivity index is 1.82. The lowest BCUT2D eigenvalue weighted by molar-refractivity contribution is -0.138. The first-order valence-corrected chi connectivity index (χ1v) is 13.0. The van der Waals surface area contributed by atoms with Crippen LogP contribution in [0.5, 0.6) is 0 Å². The molecule has 3 rings (SSSR count). The van der Waals surface area contributed by atoms with Crippen LogP contribution in [0.15, 0.2) is 24.3 Å². The number of anilines is 1. The summed E-state index contributed by atoms with van der Waals surface area (Å²) in [6.45, 7) is 1.89. The van der Waals surface area contributed by atoms with E-state index in [0.717, 1.165) is 48.2 Å². The van der Waals surface area contributed by atoms with Crippen molar-refractivity contribution in [3.63, 3.8) is 0 Å². The third kappa shape index (κ3) is 6.44. The van der Waals surface area contributed by atoms with Gasteiger partial charge in [-0.3, -0.25) is 14.5 Å². The highest BCUT2D eigenvalue weighted by Gasteiger charge is 2.45. The third-order valence-electron chi connectivity index (χ3n) is 6.26. The van der Waals surface area contributed by atoms with E-state index in [4.69, 9.17) is 0 Å². The van der Waals surface area contributed by atoms with Crippen molar-refractivity contribution >= 4 is 33.6 Å². The van der Waals surface area contributed by atoms with E-state index in [1.54, 1.807) is 18.2 Å². The van der Waals surface area contributed by atoms with Crippen LogP contribution in [0.4, 0.5) is 10.5 Å². The summed E-state index contributed by atoms with van der Waals surface area (Å²) in [6, 6.07) is 5.90. The van der Waals surface area contributed by atoms with Crippen molar-refractivity contribution in [1.82, 2.24) is 14.5 Å². The summed E-state index contributed by atoms with van der Waals surface area (Å²) in [5, 5.41) is 14.9. The van der Waals surface area contributed by atoms with E-state index in [0.29, 0.717) is 5.69 Å². The van der Waals surface area contributed by atoms with Crippen LogP contribution in [0.25, 0.3) is 0 Å². The number of hydrogen-bond acceptors (Lipinski definition) is 5. The van der Waals surface area contributed by atoms with Crippen LogP contribution in [0.1, 0.15) is 44.1 Å². The first-order chi connectivity index (χ1) is 15.6. The fourth-order valence-corrected chi connectivity index (χ4v) is 5.66. The SMILES string of the molecule is Cc1cccc(NC(=O)N2CCN(S(C)(=O)=O)C2C(=O)NC(CC(=O)O)C2CCCCC2)c1. The van der Waals surface area contributed by atoms with Gasteiger partial charge < -0.3 is 15.7 Å². The molecular formula is C22H32N4O6S. The number of rotatable bonds is 7. The lowest BCUT2D eigenvalue weighted by Gasteiger charge is -2.33. The molecule has 0 radical (unpaired) electrons. The number of carboxylic acid groups (broad SMARTS) is 1. The smallest absolute Gasteiger partial charge is 0.323 e. The Morgan fingerprint density at radius 1 is 1.15 bits per heavy atom. The molecule has 1 aromatic carbocycles. The number of urea groups is 1. The van der Waals surface area contributed by atoms with Gasteiger partial charge in [0.1, 0.15) is 0 Å². The highest BCUT2D eigenvalue weighted by molar-refractivity contribution is 7.88. The molecule has 1 saturated heterocycles. The number of aliphatic carboxylic acids is 1. The molecule has 2 fully saturated rings. The molecule has 1 saturated carbocycles. The van der Waals surface area contributed by atoms with Crippen LogP contribution >= 0.6 is 0 Å². The number of benzene rings is 1. The lowest BCUT2D eigenvalue weighted by atomic mass is 9.82. The molecule has 2 aliphatic rings. The average molecular weight is 481 g/mol. The molecule has 0 aromatic heterocycles. The molecule has 11 heteroatoms. The molecule has 0 spiro atoms. The van der Waals surface area contributed by atoms with E-state index in [9.17, 15) is 27.9 Å². The van der Waals surface area contributed by atoms with Crippen molar-refractivity contribution in [2.24, 2.45) is 5.92 Å². The van der Waals surface area contributed by atoms with Gasteiger partial charge in [0.25, 0.3) is 5.91 Å². The third-order valence-corrected chi connectivity index (χ3v) is 7.50. The van der Waals surface area contributed by atoms with Crippen LogP contribution in [0.3, 0.4) is 0 Å². The number of carboxylic acids is 1. The fourth-order valence-electron chi connectivity index (χ4n) is 4.67. The number of carbonyl (C=O) groups excluding carboxylic acids is 2. The number of amides is 3. The number of carbonyl (C=O) groups is 3. The van der Waals surface area contributed by atoms with Crippen LogP contribution in [0, 0.1) is 12.8 Å². The Hall–Kier alpha value is -2.66. The average Bonchev–Trinajstić information content (AvgIpc) is 3.20. The molecular weight excluding hydrogens is 448 g/mol. The molecule has 2 atom stereocenters. The predicted octanol–water partition coefficient (Wildman–Crippen LogP) is 1.97. The Morgan fingerprint density at radius 3 is 2.45 bits per heavy atom. The summed E-state index contributed by atoms with van der Waals surface area (Å²) in [5.74, 6) is -1.72. The van der Waals surface area contributed by atoms with Crippen molar-refractivity contribution < 1.29 is 27.9 Å². The summed E-state index contributed by atoms with van der Waals surface area (Å²) in [5.41, 5.74) is 1.47. The van der Waals surface area contributed by atoms with Gasteiger partial charge in [0.15, 0.2) is 6.17 Å². The van der Waals surface area contributed by atoms with E-state index >= 15 is 0 Å². The van der Waals surface area contributed by atoms with Gasteiger partial charge in [0, 0.05) is 24.8 Å². The molecule has 1 aromatic rings. The van der Waals surface area contributed by atoms with Gasteiger partial charge in [0.05, 0.1) is 12.7 Å². The summed E-state index contributed by atoms with van der Waals surface area (Å²) >= 11 is 0. The quantitative estimate of drug-likeness (QED) is 0.546. The molecule has 3 N–H and O–H groups in total. The normalized spacial score (nSPS) is 20.9. The van der Waals surface area contributed by atoms with Gasteiger partial charge in [-0.25, -0.2) is 13.2 Å². The second-order valence-electron chi connectivity index (χ2n) is 8.85. The Labute approximate surface area is 194 Å². The monoisotopic (exact) mass is 480 g/mol. The number of hydrogen-bond donors (Lipinski definition) is 3. The predicted molar refractivity (Wildman–Crippen MR) is 123 cm³/mol. The second kappa shape index (κ2) is 10.5. The van der Waals surface area contributed by atoms with Gasteiger partial charge in [-0.15, -0.1) is 0 Å². The van der Waals surface area contributed by atoms with Crippen LogP contribution in [0.2, 0.25) is 0 Å². The first kappa shape index (κ1) is 25.0. The van der Waals surface area contributed by atoms with E-state index < -0.39 is 40.1 Å². The van der Waals surface area contributed by atoms with Crippen LogP contribution in [-0.4, -0.2) is 72.2 Å². The maximum atomic E-state index is 13.3. The van der Waals surface area contributed by atoms with E-state index in [2.05, 4.69) is 10.6 Å². The lowest BCUT2D eigenvalue weighted by Crippen LogP contribution is -2.57. The summed E-state index contributed by atoms with van der Waals surface area (Å²) in [7, 11) is -3.79. The van der Waals surface area contributed by atoms with Gasteiger partial charge in [-0.2, -0.15) is 4.31 Å². The van der Waals surface area contributed by atoms with Crippen molar-refractivity contribution in [1.29, 1.82) is 0 Å². The van der Waals surface area contributed by atoms with Gasteiger partial charge >= 0.3 is 12.0 Å². The molecule has 2 unspecified atom stereocenters. The maximum Gasteiger partial charge on any atom is 0.323 e. The van der Waals surface area contributed by atoms with Crippen LogP contribution in [-0.2, 0) is 19.6 Å². The minimum Gasteiger partial charge on any atom is -0.481 e. The minimum absolute atomic E-state index is 0.00135. The second-order valence-corrected chi connectivity index (χ2v) is 10.8. The van der Waals surface area contributed by atoms with Gasteiger partial charge in [-0.1, -0.05) is 31.4 Å². The zero-order chi connectivity index (χ0) is 24.2. The molecule has 3 amide bonds. The highest BCUT2D eigenvalue weighted by Crippen LogP contribution is 2.29. The topological polar surface area (TPSA) is 136 Å². The molecule has 0 bridgehead atoms. The number of nitrogens with zero attached hydrogens (tertiary/aromatic N) is 2. The largest absolute Gasteiger partial charge is 0.481 e. The zero-order valence-corrected chi connectivity index (χ0v) is 19.8. The van der Waals surface area contributed by atoms with E-state index in [1.165, 1.54) is 4.90 Å². The molecule has 1 aliphatic heterocycles. The van der Waals surface area contributed by atoms with Crippen molar-refractivity contribution in [2.45, 2.75) is 57.7 Å². The highest BCUT2D eigenvalue weighted by atomic mass is 32.2. The molecule has 1 aliphatic carbocycles. The molecule has 182 valence electrons.